The van der Waals surface area contributed by atoms with E-state index in [0.717, 1.165) is 46.6 Å². The van der Waals surface area contributed by atoms with E-state index in [-0.39, 0.29) is 17.6 Å². The summed E-state index contributed by atoms with van der Waals surface area (Å²) in [7, 11) is 0. The maximum Gasteiger partial charge on any atom is 0.326 e. The molecular weight excluding hydrogens is 392 g/mol. The Morgan fingerprint density at radius 3 is 2.65 bits per heavy atom. The molecule has 7 heteroatoms. The average Bonchev–Trinajstić information content (AvgIpc) is 3.47. The normalized spacial score (nSPS) is 15.1. The van der Waals surface area contributed by atoms with Gasteiger partial charge in [-0.1, -0.05) is 12.1 Å². The molecule has 4 heterocycles. The molecule has 0 atom stereocenters. The van der Waals surface area contributed by atoms with E-state index in [1.165, 1.54) is 0 Å². The van der Waals surface area contributed by atoms with E-state index in [9.17, 15) is 9.59 Å². The molecule has 1 aliphatic rings. The highest BCUT2D eigenvalue weighted by atomic mass is 16.3. The van der Waals surface area contributed by atoms with Gasteiger partial charge in [0.1, 0.15) is 5.76 Å². The molecule has 1 amide bonds. The van der Waals surface area contributed by atoms with Gasteiger partial charge >= 0.3 is 5.69 Å². The highest BCUT2D eigenvalue weighted by Crippen LogP contribution is 2.27. The molecule has 1 aliphatic heterocycles. The topological polar surface area (TPSA) is 76.2 Å². The van der Waals surface area contributed by atoms with Gasteiger partial charge in [0.2, 0.25) is 0 Å². The molecule has 1 aromatic carbocycles. The molecule has 7 nitrogen and oxygen atoms in total. The number of para-hydroxylation sites is 2. The number of imidazole rings is 1. The van der Waals surface area contributed by atoms with E-state index in [4.69, 9.17) is 4.42 Å². The van der Waals surface area contributed by atoms with Crippen molar-refractivity contribution in [1.29, 1.82) is 0 Å². The third-order valence-corrected chi connectivity index (χ3v) is 6.44. The molecule has 0 spiro atoms. The molecule has 4 aromatic rings. The molecule has 5 rings (SSSR count). The number of aryl methyl sites for hydroxylation is 1. The zero-order chi connectivity index (χ0) is 21.5. The van der Waals surface area contributed by atoms with Gasteiger partial charge < -0.3 is 18.9 Å². The lowest BCUT2D eigenvalue weighted by Gasteiger charge is -2.32. The van der Waals surface area contributed by atoms with Crippen molar-refractivity contribution in [1.82, 2.24) is 19.0 Å². The van der Waals surface area contributed by atoms with Crippen molar-refractivity contribution in [3.05, 3.63) is 81.9 Å². The first kappa shape index (κ1) is 19.5. The van der Waals surface area contributed by atoms with Gasteiger partial charge in [-0.3, -0.25) is 9.36 Å². The van der Waals surface area contributed by atoms with Crippen molar-refractivity contribution >= 4 is 16.9 Å². The van der Waals surface area contributed by atoms with Gasteiger partial charge in [0.15, 0.2) is 0 Å². The number of piperidine rings is 1. The molecule has 0 aliphatic carbocycles. The van der Waals surface area contributed by atoms with Gasteiger partial charge in [-0.2, -0.15) is 0 Å². The van der Waals surface area contributed by atoms with Gasteiger partial charge in [0, 0.05) is 30.5 Å². The molecule has 31 heavy (non-hydrogen) atoms. The number of furan rings is 1. The minimum atomic E-state index is -0.0764. The second-order valence-electron chi connectivity index (χ2n) is 8.29. The smallest absolute Gasteiger partial charge is 0.326 e. The molecule has 0 bridgehead atoms. The minimum absolute atomic E-state index is 0.0588. The maximum atomic E-state index is 13.3. The van der Waals surface area contributed by atoms with Crippen LogP contribution in [0, 0.1) is 13.8 Å². The van der Waals surface area contributed by atoms with Crippen molar-refractivity contribution in [2.75, 3.05) is 13.1 Å². The van der Waals surface area contributed by atoms with Gasteiger partial charge in [-0.25, -0.2) is 4.79 Å². The zero-order valence-electron chi connectivity index (χ0n) is 17.8. The van der Waals surface area contributed by atoms with Gasteiger partial charge in [-0.15, -0.1) is 0 Å². The number of likely N-dealkylation sites (tertiary alicyclic amines) is 1. The summed E-state index contributed by atoms with van der Waals surface area (Å²) in [5.74, 6) is 0.925. The van der Waals surface area contributed by atoms with Crippen LogP contribution in [0.3, 0.4) is 0 Å². The monoisotopic (exact) mass is 418 g/mol. The number of rotatable bonds is 4. The summed E-state index contributed by atoms with van der Waals surface area (Å²) in [5.41, 5.74) is 4.44. The predicted octanol–water partition coefficient (Wildman–Crippen LogP) is 3.87. The quantitative estimate of drug-likeness (QED) is 0.547. The number of aromatic nitrogens is 3. The van der Waals surface area contributed by atoms with E-state index >= 15 is 0 Å². The zero-order valence-corrected chi connectivity index (χ0v) is 17.8. The molecule has 160 valence electrons. The number of benzene rings is 1. The Labute approximate surface area is 179 Å². The Balaban J connectivity index is 1.32. The van der Waals surface area contributed by atoms with Crippen molar-refractivity contribution in [3.8, 4) is 0 Å². The molecule has 0 saturated carbocycles. The van der Waals surface area contributed by atoms with Crippen LogP contribution in [0.15, 0.2) is 57.9 Å². The maximum absolute atomic E-state index is 13.3. The fraction of sp³-hybridized carbons (Fsp3) is 0.333. The van der Waals surface area contributed by atoms with Crippen LogP contribution >= 0.6 is 0 Å². The van der Waals surface area contributed by atoms with Crippen molar-refractivity contribution in [3.63, 3.8) is 0 Å². The van der Waals surface area contributed by atoms with Crippen LogP contribution in [0.5, 0.6) is 0 Å². The Morgan fingerprint density at radius 1 is 1.13 bits per heavy atom. The second kappa shape index (κ2) is 7.65. The van der Waals surface area contributed by atoms with E-state index < -0.39 is 0 Å². The van der Waals surface area contributed by atoms with Crippen molar-refractivity contribution in [2.24, 2.45) is 0 Å². The first-order valence-electron chi connectivity index (χ1n) is 10.7. The Bertz CT molecular complexity index is 1280. The number of hydrogen-bond acceptors (Lipinski definition) is 3. The van der Waals surface area contributed by atoms with Crippen LogP contribution in [0.25, 0.3) is 11.0 Å². The van der Waals surface area contributed by atoms with Crippen LogP contribution in [-0.4, -0.2) is 38.0 Å². The van der Waals surface area contributed by atoms with Crippen molar-refractivity contribution < 1.29 is 9.21 Å². The molecule has 1 saturated heterocycles. The number of carbonyl (C=O) groups is 1. The Morgan fingerprint density at radius 2 is 1.90 bits per heavy atom. The number of amides is 1. The van der Waals surface area contributed by atoms with Crippen LogP contribution in [0.1, 0.15) is 46.4 Å². The van der Waals surface area contributed by atoms with Gasteiger partial charge in [0.25, 0.3) is 5.91 Å². The number of nitrogens with zero attached hydrogens (tertiary/aromatic N) is 3. The predicted molar refractivity (Wildman–Crippen MR) is 118 cm³/mol. The summed E-state index contributed by atoms with van der Waals surface area (Å²) in [5, 5.41) is 0. The number of fused-ring (bicyclic) bond motifs is 1. The summed E-state index contributed by atoms with van der Waals surface area (Å²) in [6.45, 7) is 5.89. The van der Waals surface area contributed by atoms with Gasteiger partial charge in [0.05, 0.1) is 29.4 Å². The Hall–Kier alpha value is -3.48. The molecular formula is C24H26N4O3. The van der Waals surface area contributed by atoms with E-state index in [0.29, 0.717) is 19.6 Å². The molecule has 3 aromatic heterocycles. The van der Waals surface area contributed by atoms with Crippen LogP contribution in [0.4, 0.5) is 0 Å². The lowest BCUT2D eigenvalue weighted by atomic mass is 10.0. The first-order valence-corrected chi connectivity index (χ1v) is 10.7. The highest BCUT2D eigenvalue weighted by Gasteiger charge is 2.28. The third-order valence-electron chi connectivity index (χ3n) is 6.44. The fourth-order valence-electron chi connectivity index (χ4n) is 4.75. The average molecular weight is 418 g/mol. The SMILES string of the molecule is Cc1cc(C(=O)N2CCC(n3c(=O)[nH]c4ccccc43)CC2)c(C)n1Cc1ccco1. The summed E-state index contributed by atoms with van der Waals surface area (Å²) >= 11 is 0. The number of carbonyl (C=O) groups excluding carboxylic acids is 1. The summed E-state index contributed by atoms with van der Waals surface area (Å²) in [6.07, 6.45) is 3.19. The molecule has 0 radical (unpaired) electrons. The molecule has 1 fully saturated rings. The highest BCUT2D eigenvalue weighted by molar-refractivity contribution is 5.95. The minimum Gasteiger partial charge on any atom is -0.467 e. The number of H-pyrrole nitrogens is 1. The second-order valence-corrected chi connectivity index (χ2v) is 8.29. The van der Waals surface area contributed by atoms with Crippen molar-refractivity contribution in [2.45, 2.75) is 39.3 Å². The van der Waals surface area contributed by atoms with Gasteiger partial charge in [-0.05, 0) is 57.0 Å². The third kappa shape index (κ3) is 3.40. The summed E-state index contributed by atoms with van der Waals surface area (Å²) in [4.78, 5) is 30.6. The number of aromatic amines is 1. The first-order chi connectivity index (χ1) is 15.0. The van der Waals surface area contributed by atoms with E-state index in [2.05, 4.69) is 9.55 Å². The lowest BCUT2D eigenvalue weighted by molar-refractivity contribution is 0.0694. The lowest BCUT2D eigenvalue weighted by Crippen LogP contribution is -2.40. The number of nitrogens with one attached hydrogen (secondary N) is 1. The summed E-state index contributed by atoms with van der Waals surface area (Å²) in [6, 6.07) is 13.6. The Kier molecular flexibility index (Phi) is 4.81. The van der Waals surface area contributed by atoms with Crippen LogP contribution < -0.4 is 5.69 Å². The van der Waals surface area contributed by atoms with Crippen LogP contribution in [-0.2, 0) is 6.54 Å². The standard InChI is InChI=1S/C24H26N4O3/c1-16-14-20(17(2)27(16)15-19-6-5-13-31-19)23(29)26-11-9-18(10-12-26)28-22-8-4-3-7-21(22)25-24(28)30/h3-8,13-14,18H,9-12,15H2,1-2H3,(H,25,30). The van der Waals surface area contributed by atoms with E-state index in [1.54, 1.807) is 6.26 Å². The van der Waals surface area contributed by atoms with Crippen LogP contribution in [0.2, 0.25) is 0 Å². The largest absolute Gasteiger partial charge is 0.467 e. The number of hydrogen-bond donors (Lipinski definition) is 1. The molecule has 0 unspecified atom stereocenters. The summed E-state index contributed by atoms with van der Waals surface area (Å²) < 4.78 is 9.44. The molecule has 1 N–H and O–H groups in total. The fourth-order valence-corrected chi connectivity index (χ4v) is 4.75. The van der Waals surface area contributed by atoms with E-state index in [1.807, 2.05) is 65.8 Å².